The van der Waals surface area contributed by atoms with Crippen LogP contribution in [0.15, 0.2) is 0 Å². The Labute approximate surface area is 105 Å². The van der Waals surface area contributed by atoms with Gasteiger partial charge in [0, 0.05) is 38.4 Å². The molecule has 0 aromatic rings. The Morgan fingerprint density at radius 1 is 1.12 bits per heavy atom. The molecule has 0 spiro atoms. The van der Waals surface area contributed by atoms with Crippen molar-refractivity contribution in [3.63, 3.8) is 0 Å². The van der Waals surface area contributed by atoms with Crippen LogP contribution in [0.2, 0.25) is 0 Å². The van der Waals surface area contributed by atoms with E-state index in [1.165, 1.54) is 38.8 Å². The van der Waals surface area contributed by atoms with Gasteiger partial charge in [-0.3, -0.25) is 0 Å². The van der Waals surface area contributed by atoms with E-state index >= 15 is 0 Å². The third-order valence-electron chi connectivity index (χ3n) is 4.95. The molecule has 1 saturated carbocycles. The zero-order chi connectivity index (χ0) is 11.7. The normalized spacial score (nSPS) is 37.9. The molecule has 3 rings (SSSR count). The third kappa shape index (κ3) is 2.83. The minimum absolute atomic E-state index is 0.0316. The molecule has 2 unspecified atom stereocenters. The fourth-order valence-corrected chi connectivity index (χ4v) is 4.05. The van der Waals surface area contributed by atoms with E-state index in [1.54, 1.807) is 0 Å². The van der Waals surface area contributed by atoms with Gasteiger partial charge in [0.2, 0.25) is 0 Å². The molecular weight excluding hydrogens is 212 g/mol. The molecule has 2 atom stereocenters. The summed E-state index contributed by atoms with van der Waals surface area (Å²) in [6.07, 6.45) is 7.93. The van der Waals surface area contributed by atoms with E-state index in [1.807, 2.05) is 0 Å². The molecule has 2 heterocycles. The average Bonchev–Trinajstić information content (AvgIpc) is 2.28. The molecule has 3 heteroatoms. The molecule has 2 aliphatic heterocycles. The Balaban J connectivity index is 1.57. The van der Waals surface area contributed by atoms with Crippen molar-refractivity contribution in [2.75, 3.05) is 32.8 Å². The number of likely N-dealkylation sites (tertiary alicyclic amines) is 1. The van der Waals surface area contributed by atoms with E-state index < -0.39 is 0 Å². The molecule has 2 bridgehead atoms. The fraction of sp³-hybridized carbons (Fsp3) is 1.00. The van der Waals surface area contributed by atoms with Crippen molar-refractivity contribution in [3.05, 3.63) is 0 Å². The summed E-state index contributed by atoms with van der Waals surface area (Å²) in [6.45, 7) is 5.42. The highest BCUT2D eigenvalue weighted by Gasteiger charge is 2.35. The van der Waals surface area contributed by atoms with E-state index in [0.29, 0.717) is 0 Å². The number of hydrogen-bond donors (Lipinski definition) is 1. The number of fused-ring (bicyclic) bond motifs is 2. The van der Waals surface area contributed by atoms with Crippen molar-refractivity contribution in [1.82, 2.24) is 4.90 Å². The summed E-state index contributed by atoms with van der Waals surface area (Å²) in [5.41, 5.74) is 6.55. The Bertz CT molecular complexity index is 251. The number of nitrogens with two attached hydrogens (primary N) is 1. The zero-order valence-electron chi connectivity index (χ0n) is 10.9. The minimum atomic E-state index is 0.0316. The van der Waals surface area contributed by atoms with Crippen LogP contribution in [0.5, 0.6) is 0 Å². The van der Waals surface area contributed by atoms with Gasteiger partial charge in [-0.05, 0) is 43.9 Å². The molecule has 17 heavy (non-hydrogen) atoms. The first-order chi connectivity index (χ1) is 8.23. The van der Waals surface area contributed by atoms with Gasteiger partial charge in [0.1, 0.15) is 0 Å². The quantitative estimate of drug-likeness (QED) is 0.794. The maximum Gasteiger partial charge on any atom is 0.0484 e. The van der Waals surface area contributed by atoms with Crippen molar-refractivity contribution in [1.29, 1.82) is 0 Å². The predicted molar refractivity (Wildman–Crippen MR) is 68.9 cm³/mol. The SMILES string of the molecule is NC1(CN2CC3CCCC(C3)C2)CCOCC1. The van der Waals surface area contributed by atoms with Gasteiger partial charge in [-0.25, -0.2) is 0 Å². The lowest BCUT2D eigenvalue weighted by Gasteiger charge is -2.45. The van der Waals surface area contributed by atoms with E-state index in [9.17, 15) is 0 Å². The molecule has 3 nitrogen and oxygen atoms in total. The molecule has 3 aliphatic rings. The first-order valence-electron chi connectivity index (χ1n) is 7.32. The van der Waals surface area contributed by atoms with Gasteiger partial charge >= 0.3 is 0 Å². The first kappa shape index (κ1) is 11.9. The number of hydrogen-bond acceptors (Lipinski definition) is 3. The molecule has 98 valence electrons. The topological polar surface area (TPSA) is 38.5 Å². The van der Waals surface area contributed by atoms with E-state index in [4.69, 9.17) is 10.5 Å². The number of ether oxygens (including phenoxy) is 1. The maximum absolute atomic E-state index is 6.52. The van der Waals surface area contributed by atoms with Crippen molar-refractivity contribution >= 4 is 0 Å². The van der Waals surface area contributed by atoms with Crippen LogP contribution in [-0.2, 0) is 4.74 Å². The van der Waals surface area contributed by atoms with Gasteiger partial charge in [0.25, 0.3) is 0 Å². The standard InChI is InChI=1S/C14H26N2O/c15-14(4-6-17-7-5-14)11-16-9-12-2-1-3-13(8-12)10-16/h12-13H,1-11,15H2. The summed E-state index contributed by atoms with van der Waals surface area (Å²) in [5.74, 6) is 1.93. The van der Waals surface area contributed by atoms with Crippen molar-refractivity contribution in [2.45, 2.75) is 44.1 Å². The monoisotopic (exact) mass is 238 g/mol. The number of nitrogens with zero attached hydrogens (tertiary/aromatic N) is 1. The Hall–Kier alpha value is -0.120. The molecule has 2 saturated heterocycles. The van der Waals surface area contributed by atoms with E-state index in [-0.39, 0.29) is 5.54 Å². The van der Waals surface area contributed by atoms with Crippen molar-refractivity contribution in [2.24, 2.45) is 17.6 Å². The highest BCUT2D eigenvalue weighted by molar-refractivity contribution is 4.93. The lowest BCUT2D eigenvalue weighted by atomic mass is 9.77. The zero-order valence-corrected chi connectivity index (χ0v) is 10.9. The molecule has 1 aliphatic carbocycles. The van der Waals surface area contributed by atoms with Crippen molar-refractivity contribution < 1.29 is 4.74 Å². The molecule has 0 aromatic heterocycles. The van der Waals surface area contributed by atoms with E-state index in [0.717, 1.165) is 44.4 Å². The highest BCUT2D eigenvalue weighted by Crippen LogP contribution is 2.35. The third-order valence-corrected chi connectivity index (χ3v) is 4.95. The second-order valence-corrected chi connectivity index (χ2v) is 6.57. The van der Waals surface area contributed by atoms with Crippen LogP contribution < -0.4 is 5.73 Å². The smallest absolute Gasteiger partial charge is 0.0484 e. The lowest BCUT2D eigenvalue weighted by molar-refractivity contribution is 0.0158. The summed E-state index contributed by atoms with van der Waals surface area (Å²) in [4.78, 5) is 2.66. The maximum atomic E-state index is 6.52. The summed E-state index contributed by atoms with van der Waals surface area (Å²) >= 11 is 0. The fourth-order valence-electron chi connectivity index (χ4n) is 4.05. The summed E-state index contributed by atoms with van der Waals surface area (Å²) in [7, 11) is 0. The molecule has 0 amide bonds. The van der Waals surface area contributed by atoms with Gasteiger partial charge < -0.3 is 15.4 Å². The Morgan fingerprint density at radius 2 is 1.76 bits per heavy atom. The predicted octanol–water partition coefficient (Wildman–Crippen LogP) is 1.62. The molecule has 0 aromatic carbocycles. The highest BCUT2D eigenvalue weighted by atomic mass is 16.5. The lowest BCUT2D eigenvalue weighted by Crippen LogP contribution is -2.56. The summed E-state index contributed by atoms with van der Waals surface area (Å²) in [5, 5.41) is 0. The number of piperidine rings is 1. The van der Waals surface area contributed by atoms with Crippen LogP contribution in [0.1, 0.15) is 38.5 Å². The minimum Gasteiger partial charge on any atom is -0.381 e. The summed E-state index contributed by atoms with van der Waals surface area (Å²) in [6, 6.07) is 0. The number of rotatable bonds is 2. The molecule has 2 N–H and O–H groups in total. The second kappa shape index (κ2) is 4.87. The van der Waals surface area contributed by atoms with Gasteiger partial charge in [-0.1, -0.05) is 6.42 Å². The van der Waals surface area contributed by atoms with Gasteiger partial charge in [-0.15, -0.1) is 0 Å². The molecule has 0 radical (unpaired) electrons. The largest absolute Gasteiger partial charge is 0.381 e. The second-order valence-electron chi connectivity index (χ2n) is 6.57. The van der Waals surface area contributed by atoms with Crippen LogP contribution in [-0.4, -0.2) is 43.3 Å². The molecule has 3 fully saturated rings. The van der Waals surface area contributed by atoms with Gasteiger partial charge in [0.15, 0.2) is 0 Å². The van der Waals surface area contributed by atoms with Crippen LogP contribution in [0.3, 0.4) is 0 Å². The van der Waals surface area contributed by atoms with Crippen LogP contribution in [0, 0.1) is 11.8 Å². The van der Waals surface area contributed by atoms with E-state index in [2.05, 4.69) is 4.90 Å². The first-order valence-corrected chi connectivity index (χ1v) is 7.32. The average molecular weight is 238 g/mol. The van der Waals surface area contributed by atoms with Crippen LogP contribution >= 0.6 is 0 Å². The van der Waals surface area contributed by atoms with Gasteiger partial charge in [0.05, 0.1) is 0 Å². The van der Waals surface area contributed by atoms with Gasteiger partial charge in [-0.2, -0.15) is 0 Å². The summed E-state index contributed by atoms with van der Waals surface area (Å²) < 4.78 is 5.43. The van der Waals surface area contributed by atoms with Crippen molar-refractivity contribution in [3.8, 4) is 0 Å². The van der Waals surface area contributed by atoms with Crippen LogP contribution in [0.4, 0.5) is 0 Å². The van der Waals surface area contributed by atoms with Crippen LogP contribution in [0.25, 0.3) is 0 Å². The Morgan fingerprint density at radius 3 is 2.41 bits per heavy atom. The Kier molecular flexibility index (Phi) is 3.42. The molecular formula is C14H26N2O.